The Balaban J connectivity index is 1.91. The van der Waals surface area contributed by atoms with Crippen LogP contribution in [0, 0.1) is 17.6 Å². The van der Waals surface area contributed by atoms with Gasteiger partial charge in [-0.25, -0.2) is 18.5 Å². The third kappa shape index (κ3) is 2.86. The molecule has 134 valence electrons. The average molecular weight is 370 g/mol. The topological polar surface area (TPSA) is 66.9 Å². The lowest BCUT2D eigenvalue weighted by Gasteiger charge is -2.30. The second-order valence-electron chi connectivity index (χ2n) is 5.85. The maximum atomic E-state index is 14.0. The Morgan fingerprint density at radius 1 is 1.28 bits per heavy atom. The van der Waals surface area contributed by atoms with Crippen LogP contribution in [0.15, 0.2) is 17.0 Å². The van der Waals surface area contributed by atoms with E-state index in [0.29, 0.717) is 6.42 Å². The highest BCUT2D eigenvalue weighted by Crippen LogP contribution is 2.35. The number of imide groups is 1. The number of anilines is 1. The van der Waals surface area contributed by atoms with Crippen LogP contribution in [-0.2, 0) is 14.3 Å². The number of urea groups is 1. The van der Waals surface area contributed by atoms with E-state index < -0.39 is 41.5 Å². The van der Waals surface area contributed by atoms with Gasteiger partial charge in [-0.2, -0.15) is 0 Å². The number of carbonyl (C=O) groups is 3. The zero-order chi connectivity index (χ0) is 18.3. The van der Waals surface area contributed by atoms with Crippen molar-refractivity contribution in [1.82, 2.24) is 4.90 Å². The van der Waals surface area contributed by atoms with E-state index in [1.54, 1.807) is 0 Å². The van der Waals surface area contributed by atoms with Crippen LogP contribution in [0.3, 0.4) is 0 Å². The maximum absolute atomic E-state index is 14.0. The van der Waals surface area contributed by atoms with Crippen molar-refractivity contribution in [2.45, 2.75) is 23.8 Å². The smallest absolute Gasteiger partial charge is 0.332 e. The fourth-order valence-corrected chi connectivity index (χ4v) is 3.80. The van der Waals surface area contributed by atoms with E-state index in [0.717, 1.165) is 28.8 Å². The van der Waals surface area contributed by atoms with E-state index in [1.165, 1.54) is 18.3 Å². The van der Waals surface area contributed by atoms with Gasteiger partial charge in [0.1, 0.15) is 17.7 Å². The van der Waals surface area contributed by atoms with Crippen molar-refractivity contribution in [3.8, 4) is 0 Å². The summed E-state index contributed by atoms with van der Waals surface area (Å²) < 4.78 is 32.7. The quantitative estimate of drug-likeness (QED) is 0.464. The lowest BCUT2D eigenvalue weighted by Crippen LogP contribution is -2.44. The predicted octanol–water partition coefficient (Wildman–Crippen LogP) is 2.41. The molecule has 3 rings (SSSR count). The van der Waals surface area contributed by atoms with Crippen molar-refractivity contribution in [1.29, 1.82) is 0 Å². The zero-order valence-corrected chi connectivity index (χ0v) is 14.4. The summed E-state index contributed by atoms with van der Waals surface area (Å²) >= 11 is 0.901. The van der Waals surface area contributed by atoms with E-state index in [1.807, 2.05) is 0 Å². The lowest BCUT2D eigenvalue weighted by molar-refractivity contribution is -0.147. The van der Waals surface area contributed by atoms with Crippen molar-refractivity contribution < 1.29 is 27.9 Å². The van der Waals surface area contributed by atoms with E-state index in [2.05, 4.69) is 0 Å². The summed E-state index contributed by atoms with van der Waals surface area (Å²) in [7, 11) is 1.27. The number of esters is 1. The minimum absolute atomic E-state index is 0.140. The lowest BCUT2D eigenvalue weighted by atomic mass is 9.91. The Bertz CT molecular complexity index is 735. The molecule has 2 saturated heterocycles. The molecule has 2 heterocycles. The number of amides is 3. The fraction of sp³-hybridized carbons (Fsp3) is 0.438. The van der Waals surface area contributed by atoms with Crippen LogP contribution in [-0.4, -0.2) is 48.8 Å². The summed E-state index contributed by atoms with van der Waals surface area (Å²) in [6, 6.07) is 0.493. The first-order valence-electron chi connectivity index (χ1n) is 7.64. The number of hydrogen-bond donors (Lipinski definition) is 0. The molecule has 0 aliphatic carbocycles. The van der Waals surface area contributed by atoms with E-state index in [4.69, 9.17) is 4.74 Å². The molecule has 2 fully saturated rings. The molecule has 6 nitrogen and oxygen atoms in total. The van der Waals surface area contributed by atoms with Crippen LogP contribution in [0.25, 0.3) is 0 Å². The number of carbonyl (C=O) groups excluding carboxylic acids is 3. The molecule has 0 bridgehead atoms. The van der Waals surface area contributed by atoms with Gasteiger partial charge in [-0.15, -0.1) is 11.8 Å². The molecule has 1 aromatic rings. The first-order chi connectivity index (χ1) is 11.9. The molecule has 2 atom stereocenters. The van der Waals surface area contributed by atoms with Gasteiger partial charge in [0.15, 0.2) is 0 Å². The number of fused-ring (bicyclic) bond motifs is 1. The standard InChI is InChI=1S/C16H16F2N2O4S/c1-24-15(22)8-3-4-19-12(5-8)14(21)20(16(19)23)9-6-10(17)13(25-2)11(18)7-9/h6-8,12H,3-5H2,1-2H3. The van der Waals surface area contributed by atoms with Crippen molar-refractivity contribution in [3.05, 3.63) is 23.8 Å². The number of methoxy groups -OCH3 is 1. The van der Waals surface area contributed by atoms with Crippen LogP contribution in [0.2, 0.25) is 0 Å². The van der Waals surface area contributed by atoms with E-state index in [9.17, 15) is 23.2 Å². The molecule has 9 heteroatoms. The number of piperidine rings is 1. The van der Waals surface area contributed by atoms with Crippen LogP contribution < -0.4 is 4.90 Å². The van der Waals surface area contributed by atoms with E-state index >= 15 is 0 Å². The molecule has 0 radical (unpaired) electrons. The van der Waals surface area contributed by atoms with Gasteiger partial charge in [0.25, 0.3) is 5.91 Å². The minimum atomic E-state index is -0.833. The van der Waals surface area contributed by atoms with Crippen LogP contribution in [0.1, 0.15) is 12.8 Å². The Morgan fingerprint density at radius 2 is 1.92 bits per heavy atom. The number of rotatable bonds is 3. The number of hydrogen-bond acceptors (Lipinski definition) is 5. The van der Waals surface area contributed by atoms with Crippen LogP contribution in [0.4, 0.5) is 19.3 Å². The first-order valence-corrected chi connectivity index (χ1v) is 8.87. The highest BCUT2D eigenvalue weighted by atomic mass is 32.2. The summed E-state index contributed by atoms with van der Waals surface area (Å²) in [6.45, 7) is 0.208. The number of benzene rings is 1. The summed E-state index contributed by atoms with van der Waals surface area (Å²) in [5, 5.41) is 0. The summed E-state index contributed by atoms with van der Waals surface area (Å²) in [5.41, 5.74) is -0.146. The molecule has 1 aromatic carbocycles. The SMILES string of the molecule is COC(=O)C1CCN2C(=O)N(c3cc(F)c(SC)c(F)c3)C(=O)C2C1. The average Bonchev–Trinajstić information content (AvgIpc) is 2.84. The van der Waals surface area contributed by atoms with Crippen molar-refractivity contribution in [2.24, 2.45) is 5.92 Å². The Morgan fingerprint density at radius 3 is 2.48 bits per heavy atom. The van der Waals surface area contributed by atoms with E-state index in [-0.39, 0.29) is 23.5 Å². The van der Waals surface area contributed by atoms with Gasteiger partial charge in [0.05, 0.1) is 23.6 Å². The third-order valence-corrected chi connectivity index (χ3v) is 5.32. The first kappa shape index (κ1) is 17.7. The van der Waals surface area contributed by atoms with Crippen LogP contribution in [0.5, 0.6) is 0 Å². The zero-order valence-electron chi connectivity index (χ0n) is 13.6. The van der Waals surface area contributed by atoms with Crippen molar-refractivity contribution >= 4 is 35.4 Å². The van der Waals surface area contributed by atoms with Gasteiger partial charge < -0.3 is 9.64 Å². The van der Waals surface area contributed by atoms with Gasteiger partial charge in [0, 0.05) is 6.54 Å². The van der Waals surface area contributed by atoms with Gasteiger partial charge in [-0.05, 0) is 31.2 Å². The summed E-state index contributed by atoms with van der Waals surface area (Å²) in [4.78, 5) is 38.8. The molecule has 0 spiro atoms. The number of thioether (sulfide) groups is 1. The van der Waals surface area contributed by atoms with Gasteiger partial charge in [-0.1, -0.05) is 0 Å². The summed E-state index contributed by atoms with van der Waals surface area (Å²) in [6.07, 6.45) is 2.05. The largest absolute Gasteiger partial charge is 0.469 e. The van der Waals surface area contributed by atoms with Crippen LogP contribution >= 0.6 is 11.8 Å². The Hall–Kier alpha value is -2.16. The van der Waals surface area contributed by atoms with Crippen molar-refractivity contribution in [2.75, 3.05) is 24.8 Å². The highest BCUT2D eigenvalue weighted by Gasteiger charge is 2.50. The molecular weight excluding hydrogens is 354 g/mol. The number of nitrogens with zero attached hydrogens (tertiary/aromatic N) is 2. The van der Waals surface area contributed by atoms with Crippen molar-refractivity contribution in [3.63, 3.8) is 0 Å². The summed E-state index contributed by atoms with van der Waals surface area (Å²) in [5.74, 6) is -3.16. The Kier molecular flexibility index (Phi) is 4.68. The Labute approximate surface area is 147 Å². The second kappa shape index (κ2) is 6.62. The third-order valence-electron chi connectivity index (χ3n) is 4.52. The monoisotopic (exact) mass is 370 g/mol. The molecule has 2 aliphatic heterocycles. The molecule has 0 aromatic heterocycles. The predicted molar refractivity (Wildman–Crippen MR) is 86.3 cm³/mol. The van der Waals surface area contributed by atoms with Gasteiger partial charge in [-0.3, -0.25) is 9.59 Å². The highest BCUT2D eigenvalue weighted by molar-refractivity contribution is 7.98. The molecule has 25 heavy (non-hydrogen) atoms. The molecule has 3 amide bonds. The molecule has 2 aliphatic rings. The molecule has 0 saturated carbocycles. The van der Waals surface area contributed by atoms with Gasteiger partial charge >= 0.3 is 12.0 Å². The fourth-order valence-electron chi connectivity index (χ4n) is 3.29. The molecule has 0 N–H and O–H groups in total. The normalized spacial score (nSPS) is 23.0. The minimum Gasteiger partial charge on any atom is -0.469 e. The number of ether oxygens (including phenoxy) is 1. The molecular formula is C16H16F2N2O4S. The number of halogens is 2. The molecule has 2 unspecified atom stereocenters. The maximum Gasteiger partial charge on any atom is 0.332 e. The second-order valence-corrected chi connectivity index (χ2v) is 6.67. The van der Waals surface area contributed by atoms with Gasteiger partial charge in [0.2, 0.25) is 0 Å².